The number of ether oxygens (including phenoxy) is 2. The lowest BCUT2D eigenvalue weighted by atomic mass is 9.98. The van der Waals surface area contributed by atoms with Crippen LogP contribution >= 0.6 is 0 Å². The molecule has 0 saturated heterocycles. The number of rotatable bonds is 7. The Morgan fingerprint density at radius 2 is 1.29 bits per heavy atom. The normalized spacial score (nSPS) is 11.1. The molecule has 0 aliphatic rings. The molecule has 2 N–H and O–H groups in total. The first kappa shape index (κ1) is 16.6. The van der Waals surface area contributed by atoms with E-state index in [9.17, 15) is 0 Å². The van der Waals surface area contributed by atoms with E-state index in [-0.39, 0.29) is 26.4 Å². The Labute approximate surface area is 141 Å². The highest BCUT2D eigenvalue weighted by molar-refractivity contribution is 6.11. The van der Waals surface area contributed by atoms with Gasteiger partial charge >= 0.3 is 0 Å². The van der Waals surface area contributed by atoms with Crippen molar-refractivity contribution >= 4 is 21.5 Å². The van der Waals surface area contributed by atoms with Gasteiger partial charge in [0.05, 0.1) is 13.2 Å². The molecule has 4 nitrogen and oxygen atoms in total. The lowest BCUT2D eigenvalue weighted by molar-refractivity contribution is 0.202. The monoisotopic (exact) mass is 326 g/mol. The minimum Gasteiger partial charge on any atom is -0.490 e. The number of aliphatic hydroxyl groups excluding tert-OH is 2. The van der Waals surface area contributed by atoms with Crippen molar-refractivity contribution in [2.24, 2.45) is 0 Å². The van der Waals surface area contributed by atoms with E-state index >= 15 is 0 Å². The van der Waals surface area contributed by atoms with Crippen LogP contribution in [0.1, 0.15) is 12.5 Å². The molecule has 0 unspecified atom stereocenters. The molecule has 24 heavy (non-hydrogen) atoms. The maximum Gasteiger partial charge on any atom is 0.135 e. The van der Waals surface area contributed by atoms with Gasteiger partial charge in [-0.2, -0.15) is 0 Å². The molecule has 0 aliphatic carbocycles. The van der Waals surface area contributed by atoms with Crippen LogP contribution in [0.15, 0.2) is 42.5 Å². The molecule has 0 atom stereocenters. The predicted octanol–water partition coefficient (Wildman–Crippen LogP) is 3.30. The summed E-state index contributed by atoms with van der Waals surface area (Å²) < 4.78 is 11.7. The Hall–Kier alpha value is -2.30. The van der Waals surface area contributed by atoms with Crippen molar-refractivity contribution in [2.75, 3.05) is 26.4 Å². The third kappa shape index (κ3) is 3.03. The van der Waals surface area contributed by atoms with Crippen LogP contribution < -0.4 is 9.47 Å². The molecule has 3 aromatic carbocycles. The molecule has 0 bridgehead atoms. The Balaban J connectivity index is 2.34. The Kier molecular flexibility index (Phi) is 5.18. The zero-order valence-electron chi connectivity index (χ0n) is 13.8. The molecule has 126 valence electrons. The zero-order valence-corrected chi connectivity index (χ0v) is 13.8. The lowest BCUT2D eigenvalue weighted by Gasteiger charge is -2.18. The van der Waals surface area contributed by atoms with E-state index in [0.717, 1.165) is 39.5 Å². The van der Waals surface area contributed by atoms with E-state index in [4.69, 9.17) is 19.7 Å². The predicted molar refractivity (Wildman–Crippen MR) is 96.0 cm³/mol. The third-order valence-electron chi connectivity index (χ3n) is 4.07. The standard InChI is InChI=1S/C20H22O4/c1-2-14-7-8-17-18(13-14)20(24-12-10-22)16-6-4-3-5-15(16)19(17)23-11-9-21/h3-8,13,21-22H,2,9-12H2,1H3. The molecule has 3 aromatic rings. The summed E-state index contributed by atoms with van der Waals surface area (Å²) in [6, 6.07) is 14.1. The van der Waals surface area contributed by atoms with E-state index in [1.54, 1.807) is 0 Å². The zero-order chi connectivity index (χ0) is 16.9. The number of benzene rings is 3. The summed E-state index contributed by atoms with van der Waals surface area (Å²) >= 11 is 0. The van der Waals surface area contributed by atoms with E-state index < -0.39 is 0 Å². The summed E-state index contributed by atoms with van der Waals surface area (Å²) in [5, 5.41) is 22.1. The first-order valence-corrected chi connectivity index (χ1v) is 8.24. The van der Waals surface area contributed by atoms with Gasteiger partial charge in [0.2, 0.25) is 0 Å². The maximum atomic E-state index is 9.17. The van der Waals surface area contributed by atoms with Crippen molar-refractivity contribution in [3.05, 3.63) is 48.0 Å². The van der Waals surface area contributed by atoms with Crippen LogP contribution in [-0.2, 0) is 6.42 Å². The number of aliphatic hydroxyl groups is 2. The van der Waals surface area contributed by atoms with Crippen LogP contribution in [0.5, 0.6) is 11.5 Å². The molecule has 0 amide bonds. The average Bonchev–Trinajstić information content (AvgIpc) is 2.64. The van der Waals surface area contributed by atoms with Crippen LogP contribution in [0.2, 0.25) is 0 Å². The fourth-order valence-electron chi connectivity index (χ4n) is 2.97. The molecule has 0 saturated carbocycles. The fourth-order valence-corrected chi connectivity index (χ4v) is 2.97. The van der Waals surface area contributed by atoms with Crippen molar-refractivity contribution in [1.29, 1.82) is 0 Å². The van der Waals surface area contributed by atoms with E-state index in [1.807, 2.05) is 30.3 Å². The molecule has 0 aliphatic heterocycles. The van der Waals surface area contributed by atoms with Crippen LogP contribution in [0.3, 0.4) is 0 Å². The van der Waals surface area contributed by atoms with Gasteiger partial charge in [0, 0.05) is 21.5 Å². The van der Waals surface area contributed by atoms with Gasteiger partial charge in [0.1, 0.15) is 24.7 Å². The van der Waals surface area contributed by atoms with E-state index in [1.165, 1.54) is 5.56 Å². The summed E-state index contributed by atoms with van der Waals surface area (Å²) in [5.74, 6) is 1.52. The van der Waals surface area contributed by atoms with Crippen molar-refractivity contribution in [1.82, 2.24) is 0 Å². The summed E-state index contributed by atoms with van der Waals surface area (Å²) in [7, 11) is 0. The van der Waals surface area contributed by atoms with Gasteiger partial charge in [-0.1, -0.05) is 43.3 Å². The minimum absolute atomic E-state index is 0.0357. The highest BCUT2D eigenvalue weighted by Crippen LogP contribution is 2.43. The molecular weight excluding hydrogens is 304 g/mol. The molecule has 0 heterocycles. The van der Waals surface area contributed by atoms with Crippen molar-refractivity contribution in [3.8, 4) is 11.5 Å². The average molecular weight is 326 g/mol. The first-order valence-electron chi connectivity index (χ1n) is 8.24. The second-order valence-electron chi connectivity index (χ2n) is 5.58. The SMILES string of the molecule is CCc1ccc2c(OCCO)c3ccccc3c(OCCO)c2c1. The Morgan fingerprint density at radius 1 is 0.750 bits per heavy atom. The molecule has 0 spiro atoms. The first-order chi connectivity index (χ1) is 11.8. The molecule has 0 aromatic heterocycles. The van der Waals surface area contributed by atoms with Crippen molar-refractivity contribution in [2.45, 2.75) is 13.3 Å². The summed E-state index contributed by atoms with van der Waals surface area (Å²) in [5.41, 5.74) is 1.21. The molecule has 0 radical (unpaired) electrons. The Bertz CT molecular complexity index is 842. The highest BCUT2D eigenvalue weighted by Gasteiger charge is 2.16. The second-order valence-corrected chi connectivity index (χ2v) is 5.58. The van der Waals surface area contributed by atoms with Crippen LogP contribution in [0.4, 0.5) is 0 Å². The molecular formula is C20H22O4. The number of hydrogen-bond acceptors (Lipinski definition) is 4. The molecule has 4 heteroatoms. The van der Waals surface area contributed by atoms with Gasteiger partial charge in [-0.25, -0.2) is 0 Å². The van der Waals surface area contributed by atoms with Gasteiger partial charge in [-0.3, -0.25) is 0 Å². The highest BCUT2D eigenvalue weighted by atomic mass is 16.5. The number of fused-ring (bicyclic) bond motifs is 2. The van der Waals surface area contributed by atoms with Gasteiger partial charge < -0.3 is 19.7 Å². The quantitative estimate of drug-likeness (QED) is 0.654. The smallest absolute Gasteiger partial charge is 0.135 e. The topological polar surface area (TPSA) is 58.9 Å². The summed E-state index contributed by atoms with van der Waals surface area (Å²) in [6.45, 7) is 2.52. The van der Waals surface area contributed by atoms with Crippen LogP contribution in [0.25, 0.3) is 21.5 Å². The van der Waals surface area contributed by atoms with Gasteiger partial charge in [-0.15, -0.1) is 0 Å². The molecule has 0 fully saturated rings. The van der Waals surface area contributed by atoms with Crippen LogP contribution in [0, 0.1) is 0 Å². The number of hydrogen-bond donors (Lipinski definition) is 2. The van der Waals surface area contributed by atoms with Gasteiger partial charge in [0.15, 0.2) is 0 Å². The summed E-state index contributed by atoms with van der Waals surface area (Å²) in [4.78, 5) is 0. The lowest BCUT2D eigenvalue weighted by Crippen LogP contribution is -2.05. The van der Waals surface area contributed by atoms with Gasteiger partial charge in [-0.05, 0) is 18.1 Å². The number of aryl methyl sites for hydroxylation is 1. The van der Waals surface area contributed by atoms with Crippen LogP contribution in [-0.4, -0.2) is 36.6 Å². The van der Waals surface area contributed by atoms with Crippen molar-refractivity contribution in [3.63, 3.8) is 0 Å². The largest absolute Gasteiger partial charge is 0.490 e. The van der Waals surface area contributed by atoms with E-state index in [0.29, 0.717) is 0 Å². The second kappa shape index (κ2) is 7.51. The van der Waals surface area contributed by atoms with Crippen molar-refractivity contribution < 1.29 is 19.7 Å². The Morgan fingerprint density at radius 3 is 1.83 bits per heavy atom. The maximum absolute atomic E-state index is 9.17. The minimum atomic E-state index is -0.0361. The fraction of sp³-hybridized carbons (Fsp3) is 0.300. The molecule has 3 rings (SSSR count). The summed E-state index contributed by atoms with van der Waals surface area (Å²) in [6.07, 6.45) is 0.926. The third-order valence-corrected chi connectivity index (χ3v) is 4.07. The van der Waals surface area contributed by atoms with Gasteiger partial charge in [0.25, 0.3) is 0 Å². The van der Waals surface area contributed by atoms with E-state index in [2.05, 4.69) is 19.1 Å².